The lowest BCUT2D eigenvalue weighted by molar-refractivity contribution is 0.0139. The summed E-state index contributed by atoms with van der Waals surface area (Å²) in [6.45, 7) is 13.4. The number of nitrogens with zero attached hydrogens (tertiary/aromatic N) is 3. The number of piperidine rings is 1. The quantitative estimate of drug-likeness (QED) is 0.703. The number of amides is 1. The standard InChI is InChI=1S/C25H37N3O2/c1-25(2,3)30-24(29)28-19-17-27(18-20-28)21-23-12-10-22(11-13-23)9-5-8-16-26-14-6-4-7-15-26/h10-13H,4,6-8,14-21H2,1-3H3. The number of rotatable bonds is 4. The Kier molecular flexibility index (Phi) is 8.18. The second-order valence-corrected chi connectivity index (χ2v) is 9.39. The van der Waals surface area contributed by atoms with Gasteiger partial charge in [-0.05, 0) is 64.4 Å². The summed E-state index contributed by atoms with van der Waals surface area (Å²) >= 11 is 0. The van der Waals surface area contributed by atoms with Crippen molar-refractivity contribution in [3.63, 3.8) is 0 Å². The fourth-order valence-electron chi connectivity index (χ4n) is 3.93. The molecule has 2 saturated heterocycles. The van der Waals surface area contributed by atoms with Crippen molar-refractivity contribution in [3.05, 3.63) is 35.4 Å². The Morgan fingerprint density at radius 1 is 0.933 bits per heavy atom. The van der Waals surface area contributed by atoms with Crippen LogP contribution in [-0.2, 0) is 11.3 Å². The van der Waals surface area contributed by atoms with Gasteiger partial charge >= 0.3 is 6.09 Å². The van der Waals surface area contributed by atoms with Gasteiger partial charge in [0, 0.05) is 51.3 Å². The van der Waals surface area contributed by atoms with Gasteiger partial charge in [-0.2, -0.15) is 0 Å². The van der Waals surface area contributed by atoms with Gasteiger partial charge in [-0.25, -0.2) is 4.79 Å². The van der Waals surface area contributed by atoms with Crippen molar-refractivity contribution in [2.45, 2.75) is 58.6 Å². The van der Waals surface area contributed by atoms with Crippen LogP contribution in [0.4, 0.5) is 4.79 Å². The molecule has 0 aromatic heterocycles. The zero-order chi connectivity index (χ0) is 21.4. The summed E-state index contributed by atoms with van der Waals surface area (Å²) in [7, 11) is 0. The van der Waals surface area contributed by atoms with E-state index < -0.39 is 5.60 Å². The molecule has 2 fully saturated rings. The normalized spacial score (nSPS) is 18.6. The first-order valence-electron chi connectivity index (χ1n) is 11.4. The van der Waals surface area contributed by atoms with Gasteiger partial charge in [0.05, 0.1) is 0 Å². The molecule has 1 aromatic rings. The molecule has 5 nitrogen and oxygen atoms in total. The molecule has 2 heterocycles. The lowest BCUT2D eigenvalue weighted by atomic mass is 10.1. The summed E-state index contributed by atoms with van der Waals surface area (Å²) in [4.78, 5) is 18.9. The fraction of sp³-hybridized carbons (Fsp3) is 0.640. The van der Waals surface area contributed by atoms with Crippen LogP contribution in [0, 0.1) is 11.8 Å². The van der Waals surface area contributed by atoms with Gasteiger partial charge in [-0.3, -0.25) is 4.90 Å². The molecule has 30 heavy (non-hydrogen) atoms. The van der Waals surface area contributed by atoms with Gasteiger partial charge in [0.15, 0.2) is 0 Å². The highest BCUT2D eigenvalue weighted by Crippen LogP contribution is 2.14. The third-order valence-corrected chi connectivity index (χ3v) is 5.62. The van der Waals surface area contributed by atoms with Gasteiger partial charge in [0.2, 0.25) is 0 Å². The maximum absolute atomic E-state index is 12.2. The molecule has 5 heteroatoms. The van der Waals surface area contributed by atoms with Crippen LogP contribution in [0.3, 0.4) is 0 Å². The number of piperazine rings is 1. The Morgan fingerprint density at radius 3 is 2.23 bits per heavy atom. The largest absolute Gasteiger partial charge is 0.444 e. The second-order valence-electron chi connectivity index (χ2n) is 9.39. The molecular weight excluding hydrogens is 374 g/mol. The van der Waals surface area contributed by atoms with Gasteiger partial charge in [-0.1, -0.05) is 30.4 Å². The van der Waals surface area contributed by atoms with Crippen LogP contribution < -0.4 is 0 Å². The highest BCUT2D eigenvalue weighted by atomic mass is 16.6. The molecule has 0 unspecified atom stereocenters. The minimum atomic E-state index is -0.438. The van der Waals surface area contributed by atoms with Crippen molar-refractivity contribution in [3.8, 4) is 11.8 Å². The van der Waals surface area contributed by atoms with E-state index in [1.165, 1.54) is 37.9 Å². The number of hydrogen-bond donors (Lipinski definition) is 0. The topological polar surface area (TPSA) is 36.0 Å². The molecule has 164 valence electrons. The number of carbonyl (C=O) groups excluding carboxylic acids is 1. The minimum absolute atomic E-state index is 0.203. The van der Waals surface area contributed by atoms with E-state index in [1.807, 2.05) is 25.7 Å². The first kappa shape index (κ1) is 22.7. The van der Waals surface area contributed by atoms with Crippen LogP contribution in [0.1, 0.15) is 57.6 Å². The summed E-state index contributed by atoms with van der Waals surface area (Å²) in [6.07, 6.45) is 4.80. The summed E-state index contributed by atoms with van der Waals surface area (Å²) in [5.74, 6) is 6.63. The van der Waals surface area contributed by atoms with Crippen molar-refractivity contribution in [2.24, 2.45) is 0 Å². The Balaban J connectivity index is 1.39. The van der Waals surface area contributed by atoms with E-state index in [-0.39, 0.29) is 6.09 Å². The van der Waals surface area contributed by atoms with Crippen LogP contribution in [0.2, 0.25) is 0 Å². The van der Waals surface area contributed by atoms with E-state index >= 15 is 0 Å². The molecule has 0 spiro atoms. The van der Waals surface area contributed by atoms with Crippen molar-refractivity contribution < 1.29 is 9.53 Å². The van der Waals surface area contributed by atoms with Crippen LogP contribution in [-0.4, -0.2) is 72.2 Å². The Morgan fingerprint density at radius 2 is 1.60 bits per heavy atom. The predicted octanol–water partition coefficient (Wildman–Crippen LogP) is 3.97. The Hall–Kier alpha value is -2.03. The molecular formula is C25H37N3O2. The fourth-order valence-corrected chi connectivity index (χ4v) is 3.93. The van der Waals surface area contributed by atoms with Crippen LogP contribution in [0.25, 0.3) is 0 Å². The van der Waals surface area contributed by atoms with Crippen LogP contribution in [0.15, 0.2) is 24.3 Å². The summed E-state index contributed by atoms with van der Waals surface area (Å²) in [6, 6.07) is 8.60. The maximum Gasteiger partial charge on any atom is 0.410 e. The van der Waals surface area contributed by atoms with Crippen molar-refractivity contribution in [1.29, 1.82) is 0 Å². The number of carbonyl (C=O) groups is 1. The highest BCUT2D eigenvalue weighted by Gasteiger charge is 2.25. The molecule has 1 aromatic carbocycles. The third-order valence-electron chi connectivity index (χ3n) is 5.62. The third kappa shape index (κ3) is 7.66. The molecule has 0 aliphatic carbocycles. The maximum atomic E-state index is 12.2. The number of likely N-dealkylation sites (tertiary alicyclic amines) is 1. The molecule has 0 N–H and O–H groups in total. The smallest absolute Gasteiger partial charge is 0.410 e. The molecule has 0 radical (unpaired) electrons. The van der Waals surface area contributed by atoms with Crippen LogP contribution in [0.5, 0.6) is 0 Å². The van der Waals surface area contributed by atoms with Gasteiger partial charge in [-0.15, -0.1) is 0 Å². The first-order valence-corrected chi connectivity index (χ1v) is 11.4. The first-order chi connectivity index (χ1) is 14.4. The van der Waals surface area contributed by atoms with Crippen molar-refractivity contribution in [2.75, 3.05) is 45.8 Å². The molecule has 3 rings (SSSR count). The molecule has 2 aliphatic rings. The molecule has 0 saturated carbocycles. The van der Waals surface area contributed by atoms with E-state index in [0.29, 0.717) is 0 Å². The van der Waals surface area contributed by atoms with E-state index in [9.17, 15) is 4.79 Å². The average molecular weight is 412 g/mol. The SMILES string of the molecule is CC(C)(C)OC(=O)N1CCN(Cc2ccc(C#CCCN3CCCCC3)cc2)CC1. The van der Waals surface area contributed by atoms with Gasteiger partial charge in [0.25, 0.3) is 0 Å². The van der Waals surface area contributed by atoms with Gasteiger partial charge < -0.3 is 14.5 Å². The van der Waals surface area contributed by atoms with E-state index in [1.54, 1.807) is 0 Å². The van der Waals surface area contributed by atoms with Crippen molar-refractivity contribution >= 4 is 6.09 Å². The second kappa shape index (κ2) is 10.8. The van der Waals surface area contributed by atoms with Gasteiger partial charge in [0.1, 0.15) is 5.60 Å². The zero-order valence-electron chi connectivity index (χ0n) is 19.0. The number of benzene rings is 1. The summed E-state index contributed by atoms with van der Waals surface area (Å²) in [5.41, 5.74) is 1.94. The summed E-state index contributed by atoms with van der Waals surface area (Å²) in [5, 5.41) is 0. The van der Waals surface area contributed by atoms with E-state index in [4.69, 9.17) is 4.74 Å². The zero-order valence-corrected chi connectivity index (χ0v) is 19.0. The molecule has 1 amide bonds. The van der Waals surface area contributed by atoms with E-state index in [2.05, 4.69) is 45.9 Å². The Bertz CT molecular complexity index is 728. The highest BCUT2D eigenvalue weighted by molar-refractivity contribution is 5.68. The molecule has 2 aliphatic heterocycles. The lowest BCUT2D eigenvalue weighted by Gasteiger charge is -2.35. The van der Waals surface area contributed by atoms with Crippen molar-refractivity contribution in [1.82, 2.24) is 14.7 Å². The minimum Gasteiger partial charge on any atom is -0.444 e. The van der Waals surface area contributed by atoms with E-state index in [0.717, 1.165) is 51.3 Å². The Labute approximate surface area is 182 Å². The average Bonchev–Trinajstić information content (AvgIpc) is 2.72. The molecule has 0 atom stereocenters. The summed E-state index contributed by atoms with van der Waals surface area (Å²) < 4.78 is 5.47. The monoisotopic (exact) mass is 411 g/mol. The lowest BCUT2D eigenvalue weighted by Crippen LogP contribution is -2.49. The molecule has 0 bridgehead atoms. The number of hydrogen-bond acceptors (Lipinski definition) is 4. The predicted molar refractivity (Wildman–Crippen MR) is 121 cm³/mol. The number of ether oxygens (including phenoxy) is 1. The van der Waals surface area contributed by atoms with Crippen LogP contribution >= 0.6 is 0 Å².